The first-order valence-corrected chi connectivity index (χ1v) is 11.7. The van der Waals surface area contributed by atoms with E-state index in [0.29, 0.717) is 34.7 Å². The SMILES string of the molecule is CCN1C(=O)/C(=C\c2ccccc2OCc2ccc(C)cc2)SC1=Nc1cccc(C(=O)O)c1. The van der Waals surface area contributed by atoms with E-state index in [4.69, 9.17) is 4.74 Å². The Morgan fingerprint density at radius 1 is 1.09 bits per heavy atom. The van der Waals surface area contributed by atoms with Crippen molar-refractivity contribution in [3.8, 4) is 5.75 Å². The van der Waals surface area contributed by atoms with Crippen LogP contribution in [0.1, 0.15) is 34.0 Å². The Morgan fingerprint density at radius 3 is 2.59 bits per heavy atom. The Morgan fingerprint density at radius 2 is 1.85 bits per heavy atom. The van der Waals surface area contributed by atoms with Crippen molar-refractivity contribution < 1.29 is 19.4 Å². The largest absolute Gasteiger partial charge is 0.488 e. The van der Waals surface area contributed by atoms with Crippen LogP contribution in [0.2, 0.25) is 0 Å². The molecule has 0 unspecified atom stereocenters. The Hall–Kier alpha value is -3.84. The minimum atomic E-state index is -1.02. The molecule has 6 nitrogen and oxygen atoms in total. The molecule has 0 bridgehead atoms. The van der Waals surface area contributed by atoms with Gasteiger partial charge in [-0.2, -0.15) is 0 Å². The van der Waals surface area contributed by atoms with Gasteiger partial charge in [0.25, 0.3) is 5.91 Å². The molecule has 1 amide bonds. The molecular formula is C27H24N2O4S. The number of rotatable bonds is 7. The second kappa shape index (κ2) is 10.4. The van der Waals surface area contributed by atoms with Crippen LogP contribution in [0.25, 0.3) is 6.08 Å². The third-order valence-electron chi connectivity index (χ3n) is 5.24. The predicted molar refractivity (Wildman–Crippen MR) is 135 cm³/mol. The van der Waals surface area contributed by atoms with E-state index in [0.717, 1.165) is 11.1 Å². The van der Waals surface area contributed by atoms with Gasteiger partial charge in [-0.15, -0.1) is 0 Å². The standard InChI is InChI=1S/C27H24N2O4S/c1-3-29-25(30)24(34-27(29)28-22-9-6-8-21(15-22)26(31)32)16-20-7-4-5-10-23(20)33-17-19-13-11-18(2)12-14-19/h4-16H,3,17H2,1-2H3,(H,31,32)/b24-16+,28-27?. The molecule has 0 saturated carbocycles. The summed E-state index contributed by atoms with van der Waals surface area (Å²) in [6.45, 7) is 4.80. The van der Waals surface area contributed by atoms with Crippen molar-refractivity contribution in [2.75, 3.05) is 6.54 Å². The molecule has 34 heavy (non-hydrogen) atoms. The number of hydrogen-bond donors (Lipinski definition) is 1. The third kappa shape index (κ3) is 5.38. The summed E-state index contributed by atoms with van der Waals surface area (Å²) in [6, 6.07) is 22.1. The fraction of sp³-hybridized carbons (Fsp3) is 0.148. The Balaban J connectivity index is 1.58. The van der Waals surface area contributed by atoms with Gasteiger partial charge in [-0.25, -0.2) is 9.79 Å². The average Bonchev–Trinajstić information content (AvgIpc) is 3.13. The van der Waals surface area contributed by atoms with Gasteiger partial charge < -0.3 is 9.84 Å². The number of para-hydroxylation sites is 1. The summed E-state index contributed by atoms with van der Waals surface area (Å²) in [7, 11) is 0. The fourth-order valence-electron chi connectivity index (χ4n) is 3.41. The van der Waals surface area contributed by atoms with Crippen molar-refractivity contribution in [3.63, 3.8) is 0 Å². The molecule has 1 aliphatic heterocycles. The van der Waals surface area contributed by atoms with Crippen molar-refractivity contribution in [1.29, 1.82) is 0 Å². The number of ether oxygens (including phenoxy) is 1. The number of aromatic carboxylic acids is 1. The van der Waals surface area contributed by atoms with Crippen LogP contribution < -0.4 is 4.74 Å². The number of carboxylic acid groups (broad SMARTS) is 1. The molecule has 1 saturated heterocycles. The van der Waals surface area contributed by atoms with E-state index in [1.165, 1.54) is 29.5 Å². The van der Waals surface area contributed by atoms with E-state index in [1.54, 1.807) is 17.0 Å². The predicted octanol–water partition coefficient (Wildman–Crippen LogP) is 5.90. The van der Waals surface area contributed by atoms with Crippen molar-refractivity contribution in [2.45, 2.75) is 20.5 Å². The maximum absolute atomic E-state index is 13.1. The summed E-state index contributed by atoms with van der Waals surface area (Å²) < 4.78 is 6.06. The molecule has 1 aliphatic rings. The van der Waals surface area contributed by atoms with Gasteiger partial charge in [-0.05, 0) is 61.5 Å². The quantitative estimate of drug-likeness (QED) is 0.433. The molecular weight excluding hydrogens is 448 g/mol. The number of amides is 1. The number of carbonyl (C=O) groups is 2. The number of amidine groups is 1. The molecule has 0 spiro atoms. The maximum Gasteiger partial charge on any atom is 0.335 e. The lowest BCUT2D eigenvalue weighted by Gasteiger charge is -2.12. The normalized spacial score (nSPS) is 15.8. The first-order valence-electron chi connectivity index (χ1n) is 10.9. The second-order valence-corrected chi connectivity index (χ2v) is 8.73. The monoisotopic (exact) mass is 472 g/mol. The molecule has 0 atom stereocenters. The Labute approximate surface area is 202 Å². The number of carbonyl (C=O) groups excluding carboxylic acids is 1. The zero-order valence-electron chi connectivity index (χ0n) is 18.9. The summed E-state index contributed by atoms with van der Waals surface area (Å²) in [5.74, 6) is -0.479. The summed E-state index contributed by atoms with van der Waals surface area (Å²) in [5, 5.41) is 9.75. The molecule has 172 valence electrons. The molecule has 0 aliphatic carbocycles. The van der Waals surface area contributed by atoms with Gasteiger partial charge >= 0.3 is 5.97 Å². The highest BCUT2D eigenvalue weighted by Gasteiger charge is 2.32. The molecule has 7 heteroatoms. The molecule has 3 aromatic rings. The molecule has 1 heterocycles. The van der Waals surface area contributed by atoms with Gasteiger partial charge in [0.2, 0.25) is 0 Å². The third-order valence-corrected chi connectivity index (χ3v) is 6.25. The Bertz CT molecular complexity index is 1280. The highest BCUT2D eigenvalue weighted by Crippen LogP contribution is 2.35. The zero-order chi connectivity index (χ0) is 24.1. The number of benzene rings is 3. The molecule has 0 radical (unpaired) electrons. The van der Waals surface area contributed by atoms with Gasteiger partial charge in [0, 0.05) is 12.1 Å². The van der Waals surface area contributed by atoms with Crippen LogP contribution in [-0.2, 0) is 11.4 Å². The number of aliphatic imine (C=N–C) groups is 1. The van der Waals surface area contributed by atoms with E-state index in [1.807, 2.05) is 68.5 Å². The van der Waals surface area contributed by atoms with Crippen LogP contribution in [0.5, 0.6) is 5.75 Å². The summed E-state index contributed by atoms with van der Waals surface area (Å²) in [4.78, 5) is 31.0. The van der Waals surface area contributed by atoms with Gasteiger partial charge in [0.05, 0.1) is 16.2 Å². The first-order chi connectivity index (χ1) is 16.4. The van der Waals surface area contributed by atoms with E-state index in [2.05, 4.69) is 4.99 Å². The Kier molecular flexibility index (Phi) is 7.13. The van der Waals surface area contributed by atoms with E-state index >= 15 is 0 Å². The van der Waals surface area contributed by atoms with Crippen molar-refractivity contribution in [1.82, 2.24) is 4.90 Å². The van der Waals surface area contributed by atoms with Gasteiger partial charge in [0.1, 0.15) is 12.4 Å². The van der Waals surface area contributed by atoms with E-state index < -0.39 is 5.97 Å². The van der Waals surface area contributed by atoms with Crippen LogP contribution >= 0.6 is 11.8 Å². The number of hydrogen-bond acceptors (Lipinski definition) is 5. The fourth-order valence-corrected chi connectivity index (χ4v) is 4.46. The van der Waals surface area contributed by atoms with Gasteiger partial charge in [-0.1, -0.05) is 54.1 Å². The van der Waals surface area contributed by atoms with Crippen LogP contribution in [-0.4, -0.2) is 33.6 Å². The molecule has 4 rings (SSSR count). The lowest BCUT2D eigenvalue weighted by Crippen LogP contribution is -2.28. The van der Waals surface area contributed by atoms with Gasteiger partial charge in [0.15, 0.2) is 5.17 Å². The van der Waals surface area contributed by atoms with E-state index in [9.17, 15) is 14.7 Å². The van der Waals surface area contributed by atoms with Crippen LogP contribution in [0.4, 0.5) is 5.69 Å². The second-order valence-electron chi connectivity index (χ2n) is 7.72. The van der Waals surface area contributed by atoms with Crippen LogP contribution in [0.3, 0.4) is 0 Å². The number of carboxylic acids is 1. The number of thioether (sulfide) groups is 1. The van der Waals surface area contributed by atoms with Crippen molar-refractivity contribution >= 4 is 40.6 Å². The highest BCUT2D eigenvalue weighted by molar-refractivity contribution is 8.18. The van der Waals surface area contributed by atoms with E-state index in [-0.39, 0.29) is 11.5 Å². The lowest BCUT2D eigenvalue weighted by atomic mass is 10.1. The minimum Gasteiger partial charge on any atom is -0.488 e. The molecule has 0 aromatic heterocycles. The lowest BCUT2D eigenvalue weighted by molar-refractivity contribution is -0.122. The molecule has 1 N–H and O–H groups in total. The minimum absolute atomic E-state index is 0.144. The topological polar surface area (TPSA) is 79.2 Å². The summed E-state index contributed by atoms with van der Waals surface area (Å²) in [6.07, 6.45) is 1.82. The number of nitrogens with zero attached hydrogens (tertiary/aromatic N) is 2. The molecule has 3 aromatic carbocycles. The number of likely N-dealkylation sites (N-methyl/N-ethyl adjacent to an activating group) is 1. The number of aryl methyl sites for hydroxylation is 1. The highest BCUT2D eigenvalue weighted by atomic mass is 32.2. The van der Waals surface area contributed by atoms with Crippen LogP contribution in [0, 0.1) is 6.92 Å². The van der Waals surface area contributed by atoms with Gasteiger partial charge in [-0.3, -0.25) is 9.69 Å². The molecule has 1 fully saturated rings. The summed E-state index contributed by atoms with van der Waals surface area (Å²) >= 11 is 1.26. The smallest absolute Gasteiger partial charge is 0.335 e. The average molecular weight is 473 g/mol. The van der Waals surface area contributed by atoms with Crippen molar-refractivity contribution in [3.05, 3.63) is 100.0 Å². The van der Waals surface area contributed by atoms with Crippen molar-refractivity contribution in [2.24, 2.45) is 4.99 Å². The maximum atomic E-state index is 13.1. The van der Waals surface area contributed by atoms with Crippen LogP contribution in [0.15, 0.2) is 82.7 Å². The summed E-state index contributed by atoms with van der Waals surface area (Å²) in [5.41, 5.74) is 3.69. The zero-order valence-corrected chi connectivity index (χ0v) is 19.7. The first kappa shape index (κ1) is 23.3.